The smallest absolute Gasteiger partial charge is 0.171 e. The Morgan fingerprint density at radius 2 is 2.22 bits per heavy atom. The van der Waals surface area contributed by atoms with Crippen LogP contribution < -0.4 is 10.5 Å². The maximum Gasteiger partial charge on any atom is 0.171 e. The first kappa shape index (κ1) is 14.7. The number of benzene rings is 1. The van der Waals surface area contributed by atoms with Crippen LogP contribution in [-0.2, 0) is 4.74 Å². The molecule has 0 spiro atoms. The zero-order valence-electron chi connectivity index (χ0n) is 10.5. The predicted molar refractivity (Wildman–Crippen MR) is 72.7 cm³/mol. The lowest BCUT2D eigenvalue weighted by Crippen LogP contribution is -2.14. The van der Waals surface area contributed by atoms with Crippen LogP contribution in [0.25, 0.3) is 0 Å². The van der Waals surface area contributed by atoms with Gasteiger partial charge in [0.15, 0.2) is 5.84 Å². The highest BCUT2D eigenvalue weighted by molar-refractivity contribution is 7.99. The molecule has 1 aromatic rings. The van der Waals surface area contributed by atoms with Crippen molar-refractivity contribution in [3.8, 4) is 5.75 Å². The molecule has 1 aromatic carbocycles. The van der Waals surface area contributed by atoms with E-state index in [4.69, 9.17) is 20.4 Å². The van der Waals surface area contributed by atoms with Crippen molar-refractivity contribution >= 4 is 17.6 Å². The number of ether oxygens (including phenoxy) is 2. The van der Waals surface area contributed by atoms with Gasteiger partial charge in [0, 0.05) is 29.9 Å². The highest BCUT2D eigenvalue weighted by Gasteiger charge is 2.09. The molecule has 100 valence electrons. The van der Waals surface area contributed by atoms with Crippen LogP contribution in [0.2, 0.25) is 0 Å². The number of nitrogens with zero attached hydrogens (tertiary/aromatic N) is 1. The number of methoxy groups -OCH3 is 2. The molecule has 0 saturated heterocycles. The molecule has 0 atom stereocenters. The summed E-state index contributed by atoms with van der Waals surface area (Å²) < 4.78 is 10.2. The first-order valence-corrected chi connectivity index (χ1v) is 6.49. The molecule has 0 amide bonds. The van der Waals surface area contributed by atoms with Gasteiger partial charge in [-0.1, -0.05) is 5.16 Å². The Morgan fingerprint density at radius 1 is 1.44 bits per heavy atom. The van der Waals surface area contributed by atoms with Crippen LogP contribution in [0.1, 0.15) is 12.0 Å². The van der Waals surface area contributed by atoms with Crippen LogP contribution in [0.4, 0.5) is 0 Å². The number of oxime groups is 1. The molecule has 0 aliphatic heterocycles. The third-order valence-electron chi connectivity index (χ3n) is 2.32. The van der Waals surface area contributed by atoms with E-state index in [2.05, 4.69) is 5.16 Å². The summed E-state index contributed by atoms with van der Waals surface area (Å²) >= 11 is 1.63. The minimum atomic E-state index is 0.104. The van der Waals surface area contributed by atoms with E-state index in [0.29, 0.717) is 5.56 Å². The molecule has 0 fully saturated rings. The van der Waals surface area contributed by atoms with Crippen LogP contribution in [-0.4, -0.2) is 37.6 Å². The molecule has 0 radical (unpaired) electrons. The van der Waals surface area contributed by atoms with E-state index in [1.807, 2.05) is 6.07 Å². The second-order valence-electron chi connectivity index (χ2n) is 3.54. The summed E-state index contributed by atoms with van der Waals surface area (Å²) in [6.07, 6.45) is 0.938. The quantitative estimate of drug-likeness (QED) is 0.198. The van der Waals surface area contributed by atoms with Crippen LogP contribution >= 0.6 is 11.8 Å². The monoisotopic (exact) mass is 270 g/mol. The van der Waals surface area contributed by atoms with Crippen molar-refractivity contribution in [3.05, 3.63) is 23.8 Å². The molecule has 6 heteroatoms. The van der Waals surface area contributed by atoms with Crippen LogP contribution in [0.5, 0.6) is 5.75 Å². The van der Waals surface area contributed by atoms with E-state index in [9.17, 15) is 0 Å². The molecule has 0 saturated carbocycles. The standard InChI is InChI=1S/C12H18N2O3S/c1-16-6-3-7-18-11-8-9(17-2)4-5-10(11)12(13)14-15/h4-5,8,15H,3,6-7H2,1-2H3,(H2,13,14). The highest BCUT2D eigenvalue weighted by atomic mass is 32.2. The normalized spacial score (nSPS) is 11.6. The van der Waals surface area contributed by atoms with Crippen molar-refractivity contribution in [2.75, 3.05) is 26.6 Å². The zero-order valence-corrected chi connectivity index (χ0v) is 11.4. The van der Waals surface area contributed by atoms with Crippen molar-refractivity contribution in [3.63, 3.8) is 0 Å². The van der Waals surface area contributed by atoms with E-state index < -0.39 is 0 Å². The van der Waals surface area contributed by atoms with E-state index in [1.165, 1.54) is 0 Å². The zero-order chi connectivity index (χ0) is 13.4. The summed E-state index contributed by atoms with van der Waals surface area (Å²) in [6.45, 7) is 0.718. The van der Waals surface area contributed by atoms with Gasteiger partial charge in [0.25, 0.3) is 0 Å². The number of amidine groups is 1. The van der Waals surface area contributed by atoms with E-state index in [-0.39, 0.29) is 5.84 Å². The SMILES string of the molecule is COCCCSc1cc(OC)ccc1/C(N)=N/O. The largest absolute Gasteiger partial charge is 0.497 e. The van der Waals surface area contributed by atoms with E-state index in [0.717, 1.165) is 29.4 Å². The lowest BCUT2D eigenvalue weighted by atomic mass is 10.2. The van der Waals surface area contributed by atoms with Gasteiger partial charge in [-0.15, -0.1) is 11.8 Å². The number of rotatable bonds is 7. The van der Waals surface area contributed by atoms with E-state index in [1.54, 1.807) is 38.1 Å². The van der Waals surface area contributed by atoms with E-state index >= 15 is 0 Å². The fourth-order valence-electron chi connectivity index (χ4n) is 1.40. The Morgan fingerprint density at radius 3 is 2.83 bits per heavy atom. The molecule has 1 rings (SSSR count). The number of thioether (sulfide) groups is 1. The molecule has 0 aliphatic carbocycles. The summed E-state index contributed by atoms with van der Waals surface area (Å²) in [4.78, 5) is 0.931. The summed E-state index contributed by atoms with van der Waals surface area (Å²) in [5.41, 5.74) is 6.35. The van der Waals surface area contributed by atoms with Crippen molar-refractivity contribution in [2.45, 2.75) is 11.3 Å². The molecular weight excluding hydrogens is 252 g/mol. The molecule has 3 N–H and O–H groups in total. The molecular formula is C12H18N2O3S. The predicted octanol–water partition coefficient (Wildman–Crippen LogP) is 1.92. The Kier molecular flexibility index (Phi) is 6.38. The lowest BCUT2D eigenvalue weighted by Gasteiger charge is -2.10. The maximum absolute atomic E-state index is 8.75. The van der Waals surface area contributed by atoms with Crippen molar-refractivity contribution in [2.24, 2.45) is 10.9 Å². The minimum Gasteiger partial charge on any atom is -0.497 e. The van der Waals surface area contributed by atoms with Gasteiger partial charge >= 0.3 is 0 Å². The molecule has 18 heavy (non-hydrogen) atoms. The highest BCUT2D eigenvalue weighted by Crippen LogP contribution is 2.27. The van der Waals surface area contributed by atoms with Crippen LogP contribution in [0.3, 0.4) is 0 Å². The fourth-order valence-corrected chi connectivity index (χ4v) is 2.41. The molecule has 0 bridgehead atoms. The third-order valence-corrected chi connectivity index (χ3v) is 3.46. The average molecular weight is 270 g/mol. The Bertz CT molecular complexity index is 410. The Hall–Kier alpha value is -1.40. The summed E-state index contributed by atoms with van der Waals surface area (Å²) in [6, 6.07) is 5.45. The molecule has 0 aromatic heterocycles. The maximum atomic E-state index is 8.75. The molecule has 5 nitrogen and oxygen atoms in total. The number of hydrogen-bond acceptors (Lipinski definition) is 5. The van der Waals surface area contributed by atoms with Gasteiger partial charge in [-0.25, -0.2) is 0 Å². The number of nitrogens with two attached hydrogens (primary N) is 1. The lowest BCUT2D eigenvalue weighted by molar-refractivity contribution is 0.200. The summed E-state index contributed by atoms with van der Waals surface area (Å²) in [5.74, 6) is 1.75. The molecule has 0 heterocycles. The van der Waals surface area contributed by atoms with Gasteiger partial charge < -0.3 is 20.4 Å². The topological polar surface area (TPSA) is 77.1 Å². The first-order chi connectivity index (χ1) is 8.72. The van der Waals surface area contributed by atoms with Crippen molar-refractivity contribution in [1.29, 1.82) is 0 Å². The van der Waals surface area contributed by atoms with Crippen molar-refractivity contribution < 1.29 is 14.7 Å². The molecule has 0 unspecified atom stereocenters. The minimum absolute atomic E-state index is 0.104. The van der Waals surface area contributed by atoms with Gasteiger partial charge in [-0.2, -0.15) is 0 Å². The Labute approximate surface area is 111 Å². The van der Waals surface area contributed by atoms with Crippen molar-refractivity contribution in [1.82, 2.24) is 0 Å². The second-order valence-corrected chi connectivity index (χ2v) is 4.68. The van der Waals surface area contributed by atoms with Gasteiger partial charge in [0.05, 0.1) is 7.11 Å². The van der Waals surface area contributed by atoms with Gasteiger partial charge in [0.1, 0.15) is 5.75 Å². The average Bonchev–Trinajstić information content (AvgIpc) is 2.42. The van der Waals surface area contributed by atoms with Crippen LogP contribution in [0, 0.1) is 0 Å². The molecule has 0 aliphatic rings. The van der Waals surface area contributed by atoms with Gasteiger partial charge in [-0.05, 0) is 24.6 Å². The van der Waals surface area contributed by atoms with Crippen LogP contribution in [0.15, 0.2) is 28.3 Å². The summed E-state index contributed by atoms with van der Waals surface area (Å²) in [5, 5.41) is 11.8. The second kappa shape index (κ2) is 7.84. The third kappa shape index (κ3) is 4.12. The number of hydrogen-bond donors (Lipinski definition) is 2. The fraction of sp³-hybridized carbons (Fsp3) is 0.417. The van der Waals surface area contributed by atoms with Gasteiger partial charge in [-0.3, -0.25) is 0 Å². The Balaban J connectivity index is 2.83. The van der Waals surface area contributed by atoms with Gasteiger partial charge in [0.2, 0.25) is 0 Å². The first-order valence-electron chi connectivity index (χ1n) is 5.50. The summed E-state index contributed by atoms with van der Waals surface area (Å²) in [7, 11) is 3.29.